The second-order valence-electron chi connectivity index (χ2n) is 8.00. The lowest BCUT2D eigenvalue weighted by molar-refractivity contribution is -0.119. The van der Waals surface area contributed by atoms with Gasteiger partial charge in [-0.05, 0) is 55.5 Å². The van der Waals surface area contributed by atoms with Gasteiger partial charge in [0, 0.05) is 12.7 Å². The Morgan fingerprint density at radius 3 is 2.63 bits per heavy atom. The first kappa shape index (κ1) is 22.0. The predicted molar refractivity (Wildman–Crippen MR) is 122 cm³/mol. The minimum atomic E-state index is -0.117. The first-order valence-corrected chi connectivity index (χ1v) is 11.1. The molecule has 0 unspecified atom stereocenters. The van der Waals surface area contributed by atoms with Gasteiger partial charge in [-0.3, -0.25) is 14.2 Å². The van der Waals surface area contributed by atoms with E-state index >= 15 is 0 Å². The molecule has 158 valence electrons. The highest BCUT2D eigenvalue weighted by molar-refractivity contribution is 7.99. The van der Waals surface area contributed by atoms with Gasteiger partial charge in [-0.25, -0.2) is 9.97 Å². The molecular formula is C23H28N4O2S. The number of nitrogens with zero attached hydrogens (tertiary/aromatic N) is 3. The van der Waals surface area contributed by atoms with E-state index in [1.54, 1.807) is 22.9 Å². The Labute approximate surface area is 181 Å². The van der Waals surface area contributed by atoms with E-state index in [2.05, 4.69) is 41.3 Å². The van der Waals surface area contributed by atoms with Crippen molar-refractivity contribution >= 4 is 28.7 Å². The molecule has 0 aliphatic heterocycles. The van der Waals surface area contributed by atoms with Gasteiger partial charge in [0.2, 0.25) is 5.91 Å². The number of benzene rings is 1. The quantitative estimate of drug-likeness (QED) is 0.458. The monoisotopic (exact) mass is 424 g/mol. The topological polar surface area (TPSA) is 76.9 Å². The van der Waals surface area contributed by atoms with E-state index in [0.29, 0.717) is 22.7 Å². The summed E-state index contributed by atoms with van der Waals surface area (Å²) in [5.74, 6) is 0.353. The first-order valence-electron chi connectivity index (χ1n) is 10.1. The lowest BCUT2D eigenvalue weighted by Gasteiger charge is -2.17. The number of thioether (sulfide) groups is 1. The molecule has 7 heteroatoms. The number of aryl methyl sites for hydroxylation is 2. The zero-order valence-corrected chi connectivity index (χ0v) is 18.9. The highest BCUT2D eigenvalue weighted by Crippen LogP contribution is 2.20. The van der Waals surface area contributed by atoms with Crippen molar-refractivity contribution in [1.29, 1.82) is 0 Å². The number of rotatable bonds is 7. The van der Waals surface area contributed by atoms with E-state index in [1.807, 2.05) is 26.8 Å². The molecule has 0 radical (unpaired) electrons. The smallest absolute Gasteiger partial charge is 0.263 e. The fourth-order valence-electron chi connectivity index (χ4n) is 3.20. The van der Waals surface area contributed by atoms with Crippen molar-refractivity contribution in [2.24, 2.45) is 5.92 Å². The number of hydrogen-bond acceptors (Lipinski definition) is 5. The zero-order valence-electron chi connectivity index (χ0n) is 18.1. The maximum atomic E-state index is 12.9. The molecule has 2 heterocycles. The Morgan fingerprint density at radius 2 is 1.93 bits per heavy atom. The summed E-state index contributed by atoms with van der Waals surface area (Å²) < 4.78 is 1.65. The molecule has 0 spiro atoms. The van der Waals surface area contributed by atoms with Gasteiger partial charge in [0.05, 0.1) is 17.2 Å². The molecular weight excluding hydrogens is 396 g/mol. The minimum absolute atomic E-state index is 0.0958. The lowest BCUT2D eigenvalue weighted by Crippen LogP contribution is -2.29. The molecule has 1 N–H and O–H groups in total. The van der Waals surface area contributed by atoms with E-state index in [0.717, 1.165) is 5.56 Å². The fourth-order valence-corrected chi connectivity index (χ4v) is 4.01. The SMILES string of the molecule is Cc1ccc([C@@H](C)NC(=O)CSc2nc3ncccc3c(=O)n2CC(C)C)cc1C. The molecule has 0 saturated heterocycles. The largest absolute Gasteiger partial charge is 0.349 e. The average molecular weight is 425 g/mol. The molecule has 1 amide bonds. The van der Waals surface area contributed by atoms with Crippen LogP contribution in [0.25, 0.3) is 11.0 Å². The molecule has 3 aromatic rings. The van der Waals surface area contributed by atoms with E-state index in [9.17, 15) is 9.59 Å². The van der Waals surface area contributed by atoms with Gasteiger partial charge in [0.1, 0.15) is 0 Å². The summed E-state index contributed by atoms with van der Waals surface area (Å²) in [4.78, 5) is 34.3. The molecule has 30 heavy (non-hydrogen) atoms. The summed E-state index contributed by atoms with van der Waals surface area (Å²) in [5.41, 5.74) is 3.80. The standard InChI is InChI=1S/C23H28N4O2S/c1-14(2)12-27-22(29)19-7-6-10-24-21(19)26-23(27)30-13-20(28)25-17(5)18-9-8-15(3)16(4)11-18/h6-11,14,17H,12-13H2,1-5H3,(H,25,28)/t17-/m1/s1. The van der Waals surface area contributed by atoms with E-state index < -0.39 is 0 Å². The summed E-state index contributed by atoms with van der Waals surface area (Å²) in [7, 11) is 0. The van der Waals surface area contributed by atoms with Gasteiger partial charge < -0.3 is 5.32 Å². The van der Waals surface area contributed by atoms with Gasteiger partial charge in [-0.2, -0.15) is 0 Å². The van der Waals surface area contributed by atoms with Crippen LogP contribution in [0.5, 0.6) is 0 Å². The molecule has 1 aromatic carbocycles. The maximum absolute atomic E-state index is 12.9. The molecule has 0 aliphatic rings. The third kappa shape index (κ3) is 5.08. The fraction of sp³-hybridized carbons (Fsp3) is 0.391. The maximum Gasteiger partial charge on any atom is 0.263 e. The number of aromatic nitrogens is 3. The summed E-state index contributed by atoms with van der Waals surface area (Å²) in [5, 5.41) is 4.05. The van der Waals surface area contributed by atoms with E-state index in [1.165, 1.54) is 22.9 Å². The molecule has 0 fully saturated rings. The number of carbonyl (C=O) groups is 1. The normalized spacial score (nSPS) is 12.3. The van der Waals surface area contributed by atoms with E-state index in [4.69, 9.17) is 0 Å². The number of hydrogen-bond donors (Lipinski definition) is 1. The number of pyridine rings is 1. The second-order valence-corrected chi connectivity index (χ2v) is 8.94. The predicted octanol–water partition coefficient (Wildman–Crippen LogP) is 4.03. The van der Waals surface area contributed by atoms with Crippen LogP contribution in [0.4, 0.5) is 0 Å². The molecule has 2 aromatic heterocycles. The van der Waals surface area contributed by atoms with Crippen molar-refractivity contribution in [2.75, 3.05) is 5.75 Å². The average Bonchev–Trinajstić information content (AvgIpc) is 2.70. The molecule has 3 rings (SSSR count). The first-order chi connectivity index (χ1) is 14.3. The Hall–Kier alpha value is -2.67. The molecule has 6 nitrogen and oxygen atoms in total. The van der Waals surface area contributed by atoms with Crippen LogP contribution < -0.4 is 10.9 Å². The van der Waals surface area contributed by atoms with Crippen molar-refractivity contribution < 1.29 is 4.79 Å². The highest BCUT2D eigenvalue weighted by Gasteiger charge is 2.16. The number of nitrogens with one attached hydrogen (secondary N) is 1. The third-order valence-electron chi connectivity index (χ3n) is 4.98. The number of carbonyl (C=O) groups excluding carboxylic acids is 1. The molecule has 0 saturated carbocycles. The third-order valence-corrected chi connectivity index (χ3v) is 5.96. The van der Waals surface area contributed by atoms with E-state index in [-0.39, 0.29) is 29.2 Å². The van der Waals surface area contributed by atoms with Gasteiger partial charge in [0.15, 0.2) is 10.8 Å². The van der Waals surface area contributed by atoms with Crippen molar-refractivity contribution in [1.82, 2.24) is 19.9 Å². The number of fused-ring (bicyclic) bond motifs is 1. The zero-order chi connectivity index (χ0) is 21.8. The van der Waals surface area contributed by atoms with Crippen LogP contribution in [-0.2, 0) is 11.3 Å². The molecule has 0 aliphatic carbocycles. The van der Waals surface area contributed by atoms with Crippen molar-refractivity contribution in [3.8, 4) is 0 Å². The van der Waals surface area contributed by atoms with Crippen molar-refractivity contribution in [3.05, 3.63) is 63.6 Å². The van der Waals surface area contributed by atoms with Crippen molar-refractivity contribution in [2.45, 2.75) is 52.4 Å². The van der Waals surface area contributed by atoms with Crippen LogP contribution in [0.15, 0.2) is 46.5 Å². The van der Waals surface area contributed by atoms with Gasteiger partial charge >= 0.3 is 0 Å². The number of amides is 1. The summed E-state index contributed by atoms with van der Waals surface area (Å²) >= 11 is 1.27. The molecule has 1 atom stereocenters. The van der Waals surface area contributed by atoms with Crippen molar-refractivity contribution in [3.63, 3.8) is 0 Å². The van der Waals surface area contributed by atoms with Gasteiger partial charge in [-0.1, -0.05) is 43.8 Å². The Kier molecular flexibility index (Phi) is 6.92. The van der Waals surface area contributed by atoms with Gasteiger partial charge in [-0.15, -0.1) is 0 Å². The van der Waals surface area contributed by atoms with Gasteiger partial charge in [0.25, 0.3) is 5.56 Å². The van der Waals surface area contributed by atoms with Crippen LogP contribution in [0, 0.1) is 19.8 Å². The Morgan fingerprint density at radius 1 is 1.17 bits per heavy atom. The summed E-state index contributed by atoms with van der Waals surface area (Å²) in [6.45, 7) is 10.7. The van der Waals surface area contributed by atoms with Crippen LogP contribution >= 0.6 is 11.8 Å². The van der Waals surface area contributed by atoms with Crippen LogP contribution in [0.1, 0.15) is 43.5 Å². The lowest BCUT2D eigenvalue weighted by atomic mass is 10.0. The molecule has 0 bridgehead atoms. The van der Waals surface area contributed by atoms with Crippen LogP contribution in [0.3, 0.4) is 0 Å². The highest BCUT2D eigenvalue weighted by atomic mass is 32.2. The Balaban J connectivity index is 1.76. The second kappa shape index (κ2) is 9.43. The van der Waals surface area contributed by atoms with Crippen LogP contribution in [-0.4, -0.2) is 26.2 Å². The van der Waals surface area contributed by atoms with Crippen LogP contribution in [0.2, 0.25) is 0 Å². The Bertz CT molecular complexity index is 1120. The summed E-state index contributed by atoms with van der Waals surface area (Å²) in [6, 6.07) is 9.59. The minimum Gasteiger partial charge on any atom is -0.349 e. The summed E-state index contributed by atoms with van der Waals surface area (Å²) in [6.07, 6.45) is 1.62.